The SMILES string of the molecule is Cc1c(C(=O)N2CCC[C@@H]2CN2C[C@@H](C)O[C@@H](C)C2)nnn1C1CCNCC1. The fourth-order valence-corrected chi connectivity index (χ4v) is 5.10. The number of morpholine rings is 1. The normalized spacial score (nSPS) is 30.1. The van der Waals surface area contributed by atoms with E-state index < -0.39 is 0 Å². The lowest BCUT2D eigenvalue weighted by Gasteiger charge is -2.38. The predicted octanol–water partition coefficient (Wildman–Crippen LogP) is 1.22. The fraction of sp³-hybridized carbons (Fsp3) is 0.850. The van der Waals surface area contributed by atoms with Gasteiger partial charge in [0.25, 0.3) is 5.91 Å². The van der Waals surface area contributed by atoms with Crippen molar-refractivity contribution in [2.75, 3.05) is 39.3 Å². The summed E-state index contributed by atoms with van der Waals surface area (Å²) in [4.78, 5) is 17.8. The van der Waals surface area contributed by atoms with Crippen LogP contribution in [0.5, 0.6) is 0 Å². The largest absolute Gasteiger partial charge is 0.373 e. The molecule has 3 atom stereocenters. The maximum absolute atomic E-state index is 13.3. The van der Waals surface area contributed by atoms with Crippen molar-refractivity contribution in [3.05, 3.63) is 11.4 Å². The van der Waals surface area contributed by atoms with Crippen molar-refractivity contribution in [3.8, 4) is 0 Å². The van der Waals surface area contributed by atoms with Gasteiger partial charge in [-0.25, -0.2) is 4.68 Å². The van der Waals surface area contributed by atoms with E-state index in [0.29, 0.717) is 11.7 Å². The molecule has 4 rings (SSSR count). The molecular weight excluding hydrogens is 356 g/mol. The number of nitrogens with zero attached hydrogens (tertiary/aromatic N) is 5. The maximum Gasteiger partial charge on any atom is 0.276 e. The topological polar surface area (TPSA) is 75.5 Å². The molecule has 156 valence electrons. The van der Waals surface area contributed by atoms with Gasteiger partial charge in [0.05, 0.1) is 23.9 Å². The lowest BCUT2D eigenvalue weighted by atomic mass is 10.1. The Labute approximate surface area is 167 Å². The summed E-state index contributed by atoms with van der Waals surface area (Å²) in [5, 5.41) is 12.0. The molecule has 3 fully saturated rings. The third-order valence-electron chi connectivity index (χ3n) is 6.39. The number of aromatic nitrogens is 3. The number of likely N-dealkylation sites (tertiary alicyclic amines) is 1. The van der Waals surface area contributed by atoms with Crippen LogP contribution in [0, 0.1) is 6.92 Å². The molecule has 0 unspecified atom stereocenters. The van der Waals surface area contributed by atoms with E-state index in [9.17, 15) is 4.79 Å². The van der Waals surface area contributed by atoms with Crippen LogP contribution in [0.25, 0.3) is 0 Å². The first kappa shape index (κ1) is 19.8. The number of nitrogens with one attached hydrogen (secondary N) is 1. The second kappa shape index (κ2) is 8.47. The zero-order chi connectivity index (χ0) is 19.7. The Bertz CT molecular complexity index is 676. The Kier molecular flexibility index (Phi) is 5.99. The Morgan fingerprint density at radius 2 is 1.89 bits per heavy atom. The van der Waals surface area contributed by atoms with Gasteiger partial charge in [-0.3, -0.25) is 9.69 Å². The second-order valence-corrected chi connectivity index (χ2v) is 8.72. The minimum Gasteiger partial charge on any atom is -0.373 e. The average Bonchev–Trinajstić information content (AvgIpc) is 3.28. The zero-order valence-corrected chi connectivity index (χ0v) is 17.4. The number of carbonyl (C=O) groups is 1. The van der Waals surface area contributed by atoms with Gasteiger partial charge in [0, 0.05) is 32.2 Å². The molecule has 28 heavy (non-hydrogen) atoms. The Hall–Kier alpha value is -1.51. The van der Waals surface area contributed by atoms with Gasteiger partial charge < -0.3 is 15.0 Å². The molecule has 3 aliphatic rings. The molecule has 0 saturated carbocycles. The molecule has 3 saturated heterocycles. The molecule has 1 amide bonds. The van der Waals surface area contributed by atoms with Crippen LogP contribution in [0.2, 0.25) is 0 Å². The highest BCUT2D eigenvalue weighted by Crippen LogP contribution is 2.25. The summed E-state index contributed by atoms with van der Waals surface area (Å²) in [6.07, 6.45) is 4.71. The first-order valence-electron chi connectivity index (χ1n) is 10.8. The van der Waals surface area contributed by atoms with Gasteiger partial charge in [-0.15, -0.1) is 5.10 Å². The third-order valence-corrected chi connectivity index (χ3v) is 6.39. The molecule has 1 aromatic rings. The Balaban J connectivity index is 1.44. The minimum atomic E-state index is 0.0505. The molecule has 0 spiro atoms. The molecule has 1 aromatic heterocycles. The van der Waals surface area contributed by atoms with Crippen molar-refractivity contribution >= 4 is 5.91 Å². The molecule has 0 aromatic carbocycles. The number of piperidine rings is 1. The molecule has 8 nitrogen and oxygen atoms in total. The summed E-state index contributed by atoms with van der Waals surface area (Å²) in [6, 6.07) is 0.606. The smallest absolute Gasteiger partial charge is 0.276 e. The molecule has 3 aliphatic heterocycles. The maximum atomic E-state index is 13.3. The van der Waals surface area contributed by atoms with Gasteiger partial charge in [-0.1, -0.05) is 5.21 Å². The van der Waals surface area contributed by atoms with Gasteiger partial charge in [0.15, 0.2) is 5.69 Å². The van der Waals surface area contributed by atoms with Crippen LogP contribution in [-0.4, -0.2) is 88.2 Å². The van der Waals surface area contributed by atoms with E-state index in [1.807, 2.05) is 16.5 Å². The van der Waals surface area contributed by atoms with Gasteiger partial charge in [-0.2, -0.15) is 0 Å². The lowest BCUT2D eigenvalue weighted by molar-refractivity contribution is -0.0715. The molecular formula is C20H34N6O2. The number of hydrogen-bond donors (Lipinski definition) is 1. The van der Waals surface area contributed by atoms with Gasteiger partial charge in [-0.05, 0) is 59.5 Å². The van der Waals surface area contributed by atoms with Crippen molar-refractivity contribution < 1.29 is 9.53 Å². The number of carbonyl (C=O) groups excluding carboxylic acids is 1. The first-order valence-corrected chi connectivity index (χ1v) is 10.8. The number of rotatable bonds is 4. The third kappa shape index (κ3) is 4.09. The summed E-state index contributed by atoms with van der Waals surface area (Å²) in [5.41, 5.74) is 1.45. The fourth-order valence-electron chi connectivity index (χ4n) is 5.10. The Morgan fingerprint density at radius 1 is 1.18 bits per heavy atom. The molecule has 0 radical (unpaired) electrons. The molecule has 0 aliphatic carbocycles. The number of hydrogen-bond acceptors (Lipinski definition) is 6. The van der Waals surface area contributed by atoms with Crippen molar-refractivity contribution in [2.24, 2.45) is 0 Å². The van der Waals surface area contributed by atoms with E-state index in [1.54, 1.807) is 0 Å². The van der Waals surface area contributed by atoms with Crippen molar-refractivity contribution in [1.82, 2.24) is 30.1 Å². The number of ether oxygens (including phenoxy) is 1. The van der Waals surface area contributed by atoms with E-state index in [0.717, 1.165) is 70.6 Å². The molecule has 0 bridgehead atoms. The highest BCUT2D eigenvalue weighted by atomic mass is 16.5. The van der Waals surface area contributed by atoms with Crippen LogP contribution < -0.4 is 5.32 Å². The average molecular weight is 391 g/mol. The van der Waals surface area contributed by atoms with Crippen LogP contribution in [0.1, 0.15) is 61.8 Å². The van der Waals surface area contributed by atoms with E-state index in [-0.39, 0.29) is 24.2 Å². The zero-order valence-electron chi connectivity index (χ0n) is 17.4. The summed E-state index contributed by atoms with van der Waals surface area (Å²) in [7, 11) is 0. The van der Waals surface area contributed by atoms with Crippen LogP contribution in [0.3, 0.4) is 0 Å². The van der Waals surface area contributed by atoms with Crippen LogP contribution in [0.4, 0.5) is 0 Å². The predicted molar refractivity (Wildman–Crippen MR) is 106 cm³/mol. The van der Waals surface area contributed by atoms with Crippen LogP contribution >= 0.6 is 0 Å². The van der Waals surface area contributed by atoms with E-state index in [4.69, 9.17) is 4.74 Å². The summed E-state index contributed by atoms with van der Waals surface area (Å²) in [6.45, 7) is 11.9. The highest BCUT2D eigenvalue weighted by molar-refractivity contribution is 5.93. The minimum absolute atomic E-state index is 0.0505. The van der Waals surface area contributed by atoms with Crippen molar-refractivity contribution in [3.63, 3.8) is 0 Å². The molecule has 4 heterocycles. The molecule has 1 N–H and O–H groups in total. The summed E-state index contributed by atoms with van der Waals surface area (Å²) >= 11 is 0. The number of amides is 1. The van der Waals surface area contributed by atoms with Gasteiger partial charge in [0.1, 0.15) is 0 Å². The van der Waals surface area contributed by atoms with Crippen LogP contribution in [-0.2, 0) is 4.74 Å². The van der Waals surface area contributed by atoms with Gasteiger partial charge in [0.2, 0.25) is 0 Å². The highest BCUT2D eigenvalue weighted by Gasteiger charge is 2.35. The standard InChI is InChI=1S/C20H34N6O2/c1-14-11-24(12-15(2)28-14)13-18-5-4-10-25(18)20(27)19-16(3)26(23-22-19)17-6-8-21-9-7-17/h14-15,17-18,21H,4-13H2,1-3H3/t14-,15+,18-/m1/s1. The van der Waals surface area contributed by atoms with E-state index in [1.165, 1.54) is 0 Å². The Morgan fingerprint density at radius 3 is 2.61 bits per heavy atom. The van der Waals surface area contributed by atoms with Crippen molar-refractivity contribution in [2.45, 2.75) is 70.7 Å². The second-order valence-electron chi connectivity index (χ2n) is 8.72. The summed E-state index contributed by atoms with van der Waals surface area (Å²) < 4.78 is 7.83. The van der Waals surface area contributed by atoms with E-state index in [2.05, 4.69) is 34.4 Å². The van der Waals surface area contributed by atoms with Crippen molar-refractivity contribution in [1.29, 1.82) is 0 Å². The quantitative estimate of drug-likeness (QED) is 0.833. The van der Waals surface area contributed by atoms with E-state index >= 15 is 0 Å². The monoisotopic (exact) mass is 390 g/mol. The van der Waals surface area contributed by atoms with Crippen LogP contribution in [0.15, 0.2) is 0 Å². The summed E-state index contributed by atoms with van der Waals surface area (Å²) in [5.74, 6) is 0.0505. The first-order chi connectivity index (χ1) is 13.5. The lowest BCUT2D eigenvalue weighted by Crippen LogP contribution is -2.51. The molecule has 8 heteroatoms. The van der Waals surface area contributed by atoms with Gasteiger partial charge >= 0.3 is 0 Å².